The number of hydrogen-bond acceptors (Lipinski definition) is 13. The van der Waals surface area contributed by atoms with Crippen LogP contribution in [-0.4, -0.2) is 76.5 Å². The number of fused-ring (bicyclic) bond motifs is 3. The van der Waals surface area contributed by atoms with Crippen LogP contribution in [0.4, 0.5) is 13.2 Å². The van der Waals surface area contributed by atoms with E-state index in [9.17, 15) is 55.2 Å². The topological polar surface area (TPSA) is 223 Å². The third kappa shape index (κ3) is 22.6. The maximum Gasteiger partial charge on any atom is 0.426 e. The number of phenols is 2. The molecule has 488 valence electrons. The fraction of sp³-hybridized carbons (Fsp3) is 0.406. The van der Waals surface area contributed by atoms with Gasteiger partial charge in [0.2, 0.25) is 12.0 Å². The SMILES string of the molecule is CCC(C)(C)C(=O)NC(=O)c1ccc(O)cc1I.CCC(C)(C)C(=O)OC1(C)CCCC1.CCC(C)(C)C(=O)Oc1cc(C(=O)OC(CS(=O)(=O)[O-])C(F)(F)F)ccc1I.CCC(C)c1cccc(O)c1.c1ccc(-[s+]2c3ccccc3c3ccccc32)cc1. The molecule has 3 N–H and O–H groups in total. The summed E-state index contributed by atoms with van der Waals surface area (Å²) < 4.78 is 89.4. The molecule has 1 aliphatic carbocycles. The van der Waals surface area contributed by atoms with Gasteiger partial charge in [0.1, 0.15) is 22.8 Å². The lowest BCUT2D eigenvalue weighted by Crippen LogP contribution is -2.40. The zero-order valence-electron chi connectivity index (χ0n) is 52.9. The van der Waals surface area contributed by atoms with E-state index in [1.165, 1.54) is 67.7 Å². The lowest BCUT2D eigenvalue weighted by atomic mass is 9.89. The van der Waals surface area contributed by atoms with Crippen LogP contribution in [-0.2, 0) is 34.0 Å². The molecule has 8 rings (SSSR count). The number of aromatic hydroxyl groups is 2. The first-order chi connectivity index (χ1) is 41.9. The number of esters is 3. The molecule has 2 amide bonds. The number of alkyl halides is 3. The first-order valence-corrected chi connectivity index (χ1v) is 34.5. The minimum Gasteiger partial charge on any atom is -0.748 e. The van der Waals surface area contributed by atoms with E-state index in [-0.39, 0.29) is 44.9 Å². The third-order valence-corrected chi connectivity index (χ3v) is 20.5. The molecule has 7 aromatic rings. The van der Waals surface area contributed by atoms with E-state index < -0.39 is 62.4 Å². The Balaban J connectivity index is 0.000000248. The van der Waals surface area contributed by atoms with Gasteiger partial charge < -0.3 is 29.0 Å². The van der Waals surface area contributed by atoms with Gasteiger partial charge in [0, 0.05) is 30.2 Å². The highest BCUT2D eigenvalue weighted by atomic mass is 127. The van der Waals surface area contributed by atoms with E-state index >= 15 is 0 Å². The molecule has 1 fully saturated rings. The van der Waals surface area contributed by atoms with Gasteiger partial charge >= 0.3 is 24.1 Å². The molecule has 0 bridgehead atoms. The molecule has 0 saturated heterocycles. The number of hydrogen-bond donors (Lipinski definition) is 3. The molecule has 0 spiro atoms. The van der Waals surface area contributed by atoms with Crippen molar-refractivity contribution in [2.45, 2.75) is 158 Å². The zero-order chi connectivity index (χ0) is 67.6. The Morgan fingerprint density at radius 2 is 1.19 bits per heavy atom. The predicted octanol–water partition coefficient (Wildman–Crippen LogP) is 17.9. The Kier molecular flexibility index (Phi) is 28.3. The number of carbonyl (C=O) groups is 5. The Morgan fingerprint density at radius 3 is 1.69 bits per heavy atom. The van der Waals surface area contributed by atoms with E-state index in [0.717, 1.165) is 37.8 Å². The van der Waals surface area contributed by atoms with Crippen molar-refractivity contribution in [3.05, 3.63) is 163 Å². The molecule has 2 unspecified atom stereocenters. The van der Waals surface area contributed by atoms with Crippen molar-refractivity contribution in [2.75, 3.05) is 5.75 Å². The quantitative estimate of drug-likeness (QED) is 0.0270. The molecule has 1 heterocycles. The van der Waals surface area contributed by atoms with E-state index in [4.69, 9.17) is 14.6 Å². The van der Waals surface area contributed by atoms with E-state index in [2.05, 4.69) is 110 Å². The van der Waals surface area contributed by atoms with E-state index in [1.54, 1.807) is 63.3 Å². The average molecular weight is 1510 g/mol. The average Bonchev–Trinajstić information content (AvgIpc) is 1.69. The van der Waals surface area contributed by atoms with Crippen molar-refractivity contribution in [3.63, 3.8) is 0 Å². The number of benzene rings is 6. The molecular weight excluding hydrogens is 1430 g/mol. The molecule has 90 heavy (non-hydrogen) atoms. The number of rotatable bonds is 16. The van der Waals surface area contributed by atoms with Crippen molar-refractivity contribution in [3.8, 4) is 22.1 Å². The van der Waals surface area contributed by atoms with Crippen LogP contribution < -0.4 is 10.1 Å². The maximum atomic E-state index is 12.9. The van der Waals surface area contributed by atoms with E-state index in [0.29, 0.717) is 37.2 Å². The van der Waals surface area contributed by atoms with Gasteiger partial charge in [-0.2, -0.15) is 13.2 Å². The number of nitrogens with one attached hydrogen (secondary N) is 1. The number of carbonyl (C=O) groups excluding carboxylic acids is 5. The normalized spacial score (nSPS) is 13.7. The van der Waals surface area contributed by atoms with Crippen LogP contribution in [0.5, 0.6) is 17.2 Å². The standard InChI is InChI=1S/C18H13S.C16H18F3IO7S.C13H16INO3.C12H22O2.C10H14O/c1-2-8-14(9-3-1)19-17-12-6-4-10-15(17)16-11-5-7-13-18(16)19;1-4-15(2,3)14(22)26-11-7-9(5-6-10(11)20)13(21)27-12(16(17,18)19)8-28(23,24)25;1-4-13(2,3)12(18)15-11(17)9-6-5-8(16)7-10(9)14;1-5-11(2,3)10(13)14-12(4)8-6-7-9-12;1-3-8(2)9-5-4-6-10(11)7-9/h1-13H;5-7,12H,4,8H2,1-3H3,(H,23,24,25);5-7,16H,4H2,1-3H3,(H,15,17,18);5-9H2,1-4H3;4-8,11H,3H2,1-2H3/q+1;;;;/p-1. The smallest absolute Gasteiger partial charge is 0.426 e. The van der Waals surface area contributed by atoms with Crippen LogP contribution in [0.3, 0.4) is 0 Å². The van der Waals surface area contributed by atoms with Gasteiger partial charge in [0.15, 0.2) is 14.3 Å². The summed E-state index contributed by atoms with van der Waals surface area (Å²) in [5.74, 6) is -3.91. The van der Waals surface area contributed by atoms with Crippen LogP contribution in [0.25, 0.3) is 25.1 Å². The van der Waals surface area contributed by atoms with Gasteiger partial charge in [-0.25, -0.2) is 13.2 Å². The Morgan fingerprint density at radius 1 is 0.667 bits per heavy atom. The molecule has 1 aliphatic rings. The van der Waals surface area contributed by atoms with Gasteiger partial charge in [-0.3, -0.25) is 24.5 Å². The van der Waals surface area contributed by atoms with Crippen LogP contribution in [0.1, 0.15) is 167 Å². The van der Waals surface area contributed by atoms with Crippen molar-refractivity contribution in [1.29, 1.82) is 0 Å². The Bertz CT molecular complexity index is 3640. The molecule has 21 heteroatoms. The third-order valence-electron chi connectivity index (χ3n) is 15.7. The van der Waals surface area contributed by atoms with Crippen molar-refractivity contribution in [2.24, 2.45) is 16.2 Å². The number of thiophene rings is 1. The monoisotopic (exact) mass is 1510 g/mol. The van der Waals surface area contributed by atoms with Crippen molar-refractivity contribution < 1.29 is 74.5 Å². The maximum absolute atomic E-state index is 12.9. The summed E-state index contributed by atoms with van der Waals surface area (Å²) in [6.07, 6.45) is -0.877. The Hall–Kier alpha value is -6.15. The minimum absolute atomic E-state index is 0.0376. The van der Waals surface area contributed by atoms with Gasteiger partial charge in [-0.15, -0.1) is 0 Å². The summed E-state index contributed by atoms with van der Waals surface area (Å²) in [7, 11) is -5.24. The van der Waals surface area contributed by atoms with Gasteiger partial charge in [0.05, 0.1) is 41.4 Å². The fourth-order valence-electron chi connectivity index (χ4n) is 8.32. The lowest BCUT2D eigenvalue weighted by molar-refractivity contribution is -0.197. The molecule has 2 atom stereocenters. The summed E-state index contributed by atoms with van der Waals surface area (Å²) in [4.78, 5) is 61.2. The molecular formula is C69H82F3I2NO13S2. The van der Waals surface area contributed by atoms with Crippen LogP contribution in [0.15, 0.2) is 140 Å². The molecule has 6 aromatic carbocycles. The van der Waals surface area contributed by atoms with Crippen LogP contribution in [0, 0.1) is 23.4 Å². The predicted molar refractivity (Wildman–Crippen MR) is 365 cm³/mol. The summed E-state index contributed by atoms with van der Waals surface area (Å²) in [6.45, 7) is 22.8. The summed E-state index contributed by atoms with van der Waals surface area (Å²) >= 11 is 3.75. The second-order valence-corrected chi connectivity index (χ2v) is 29.7. The molecule has 1 aromatic heterocycles. The van der Waals surface area contributed by atoms with Gasteiger partial charge in [-0.05, 0) is 228 Å². The summed E-state index contributed by atoms with van der Waals surface area (Å²) in [5.41, 5.74) is -0.715. The molecule has 1 saturated carbocycles. The van der Waals surface area contributed by atoms with E-state index in [1.807, 2.05) is 68.5 Å². The highest BCUT2D eigenvalue weighted by Gasteiger charge is 2.44. The summed E-state index contributed by atoms with van der Waals surface area (Å²) in [5, 5.41) is 23.6. The van der Waals surface area contributed by atoms with Gasteiger partial charge in [-0.1, -0.05) is 103 Å². The molecule has 0 aliphatic heterocycles. The number of amides is 2. The fourth-order valence-corrected chi connectivity index (χ4v) is 12.5. The number of ether oxygens (including phenoxy) is 3. The first-order valence-electron chi connectivity index (χ1n) is 29.5. The first kappa shape index (κ1) is 76.3. The number of phenolic OH excluding ortho intramolecular Hbond substituents is 2. The second kappa shape index (κ2) is 33.4. The molecule has 14 nitrogen and oxygen atoms in total. The second-order valence-electron chi connectivity index (χ2n) is 23.9. The van der Waals surface area contributed by atoms with Gasteiger partial charge in [0.25, 0.3) is 5.91 Å². The molecule has 0 radical (unpaired) electrons. The van der Waals surface area contributed by atoms with Crippen molar-refractivity contribution in [1.82, 2.24) is 5.32 Å². The van der Waals surface area contributed by atoms with Crippen LogP contribution in [0.2, 0.25) is 0 Å². The minimum atomic E-state index is -5.30. The van der Waals surface area contributed by atoms with Crippen molar-refractivity contribution >= 4 is 116 Å². The van der Waals surface area contributed by atoms with Crippen LogP contribution >= 0.6 is 55.7 Å². The summed E-state index contributed by atoms with van der Waals surface area (Å²) in [6, 6.07) is 43.7. The zero-order valence-corrected chi connectivity index (χ0v) is 58.8. The highest BCUT2D eigenvalue weighted by molar-refractivity contribution is 14.1. The number of imide groups is 1. The lowest BCUT2D eigenvalue weighted by Gasteiger charge is -2.29. The number of halogens is 5. The highest BCUT2D eigenvalue weighted by Crippen LogP contribution is 2.48. The Labute approximate surface area is 557 Å². The largest absolute Gasteiger partial charge is 0.748 e.